The summed E-state index contributed by atoms with van der Waals surface area (Å²) < 4.78 is 24.9. The van der Waals surface area contributed by atoms with Crippen LogP contribution in [0.15, 0.2) is 60.7 Å². The minimum atomic E-state index is -3.50. The Hall–Kier alpha value is -2.18. The number of hydrogen-bond donors (Lipinski definition) is 1. The third kappa shape index (κ3) is 4.91. The molecule has 0 fully saturated rings. The van der Waals surface area contributed by atoms with Crippen LogP contribution in [0.5, 0.6) is 0 Å². The predicted molar refractivity (Wildman–Crippen MR) is 94.9 cm³/mol. The van der Waals surface area contributed by atoms with Gasteiger partial charge in [0.1, 0.15) is 6.04 Å². The smallest absolute Gasteiger partial charge is 0.243 e. The molecule has 0 saturated heterocycles. The van der Waals surface area contributed by atoms with E-state index in [1.807, 2.05) is 36.4 Å². The molecule has 24 heavy (non-hydrogen) atoms. The van der Waals surface area contributed by atoms with Gasteiger partial charge in [0.2, 0.25) is 15.9 Å². The summed E-state index contributed by atoms with van der Waals surface area (Å²) in [5, 5.41) is 2.84. The van der Waals surface area contributed by atoms with Gasteiger partial charge in [0.05, 0.1) is 6.26 Å². The Morgan fingerprint density at radius 1 is 1.04 bits per heavy atom. The molecule has 0 heterocycles. The van der Waals surface area contributed by atoms with Crippen molar-refractivity contribution in [1.82, 2.24) is 9.62 Å². The van der Waals surface area contributed by atoms with Gasteiger partial charge in [-0.2, -0.15) is 4.31 Å². The summed E-state index contributed by atoms with van der Waals surface area (Å²) in [5.74, 6) is -0.329. The highest BCUT2D eigenvalue weighted by atomic mass is 32.2. The van der Waals surface area contributed by atoms with Gasteiger partial charge in [-0.15, -0.1) is 0 Å². The van der Waals surface area contributed by atoms with E-state index in [1.165, 1.54) is 7.05 Å². The lowest BCUT2D eigenvalue weighted by Crippen LogP contribution is -2.41. The van der Waals surface area contributed by atoms with Crippen LogP contribution in [0.4, 0.5) is 0 Å². The van der Waals surface area contributed by atoms with Crippen molar-refractivity contribution in [2.24, 2.45) is 0 Å². The first-order valence-corrected chi connectivity index (χ1v) is 9.54. The average molecular weight is 346 g/mol. The molecule has 2 aromatic carbocycles. The molecule has 6 heteroatoms. The monoisotopic (exact) mass is 346 g/mol. The Balaban J connectivity index is 2.10. The van der Waals surface area contributed by atoms with Crippen molar-refractivity contribution in [3.05, 3.63) is 71.8 Å². The first-order valence-electron chi connectivity index (χ1n) is 7.69. The molecule has 1 unspecified atom stereocenters. The van der Waals surface area contributed by atoms with Crippen molar-refractivity contribution in [3.63, 3.8) is 0 Å². The number of nitrogens with one attached hydrogen (secondary N) is 1. The zero-order chi connectivity index (χ0) is 17.6. The molecular weight excluding hydrogens is 324 g/mol. The number of amides is 1. The van der Waals surface area contributed by atoms with E-state index in [-0.39, 0.29) is 5.91 Å². The van der Waals surface area contributed by atoms with Crippen molar-refractivity contribution in [1.29, 1.82) is 0 Å². The molecule has 1 amide bonds. The van der Waals surface area contributed by atoms with Crippen LogP contribution < -0.4 is 5.32 Å². The molecule has 0 radical (unpaired) electrons. The molecule has 0 spiro atoms. The molecule has 2 rings (SSSR count). The summed E-state index contributed by atoms with van der Waals surface area (Å²) >= 11 is 0. The molecule has 0 aromatic heterocycles. The van der Waals surface area contributed by atoms with Gasteiger partial charge in [0, 0.05) is 13.6 Å². The normalized spacial score (nSPS) is 12.8. The van der Waals surface area contributed by atoms with Crippen molar-refractivity contribution in [2.45, 2.75) is 12.5 Å². The lowest BCUT2D eigenvalue weighted by atomic mass is 10.1. The fourth-order valence-electron chi connectivity index (χ4n) is 2.42. The van der Waals surface area contributed by atoms with E-state index < -0.39 is 16.1 Å². The molecule has 0 aliphatic rings. The summed E-state index contributed by atoms with van der Waals surface area (Å²) in [6.45, 7) is 0.448. The zero-order valence-corrected chi connectivity index (χ0v) is 14.7. The van der Waals surface area contributed by atoms with Crippen LogP contribution in [0, 0.1) is 0 Å². The number of carbonyl (C=O) groups excluding carboxylic acids is 1. The van der Waals surface area contributed by atoms with E-state index in [2.05, 4.69) is 5.32 Å². The number of benzene rings is 2. The largest absolute Gasteiger partial charge is 0.354 e. The lowest BCUT2D eigenvalue weighted by molar-refractivity contribution is -0.124. The summed E-state index contributed by atoms with van der Waals surface area (Å²) in [6, 6.07) is 17.8. The van der Waals surface area contributed by atoms with Crippen molar-refractivity contribution < 1.29 is 13.2 Å². The number of likely N-dealkylation sites (N-methyl/N-ethyl adjacent to an activating group) is 1. The third-order valence-electron chi connectivity index (χ3n) is 3.81. The van der Waals surface area contributed by atoms with Gasteiger partial charge in [-0.3, -0.25) is 4.79 Å². The van der Waals surface area contributed by atoms with Gasteiger partial charge >= 0.3 is 0 Å². The van der Waals surface area contributed by atoms with E-state index in [1.54, 1.807) is 24.3 Å². The highest BCUT2D eigenvalue weighted by Gasteiger charge is 2.30. The maximum Gasteiger partial charge on any atom is 0.243 e. The van der Waals surface area contributed by atoms with Crippen LogP contribution in [0.2, 0.25) is 0 Å². The second kappa shape index (κ2) is 8.08. The number of carbonyl (C=O) groups is 1. The molecule has 5 nitrogen and oxygen atoms in total. The molecule has 1 N–H and O–H groups in total. The van der Waals surface area contributed by atoms with Crippen LogP contribution in [0.1, 0.15) is 17.2 Å². The molecular formula is C18H22N2O3S. The van der Waals surface area contributed by atoms with Crippen molar-refractivity contribution >= 4 is 15.9 Å². The first kappa shape index (κ1) is 18.2. The third-order valence-corrected chi connectivity index (χ3v) is 5.06. The second-order valence-electron chi connectivity index (χ2n) is 5.62. The van der Waals surface area contributed by atoms with Gasteiger partial charge in [-0.1, -0.05) is 60.7 Å². The molecule has 0 saturated carbocycles. The van der Waals surface area contributed by atoms with Gasteiger partial charge in [0.25, 0.3) is 0 Å². The minimum absolute atomic E-state index is 0.329. The van der Waals surface area contributed by atoms with Gasteiger partial charge < -0.3 is 5.32 Å². The molecule has 0 aliphatic carbocycles. The minimum Gasteiger partial charge on any atom is -0.354 e. The number of nitrogens with zero attached hydrogens (tertiary/aromatic N) is 1. The predicted octanol–water partition coefficient (Wildman–Crippen LogP) is 1.98. The Bertz CT molecular complexity index is 761. The summed E-state index contributed by atoms with van der Waals surface area (Å²) in [4.78, 5) is 12.6. The van der Waals surface area contributed by atoms with E-state index in [0.717, 1.165) is 16.1 Å². The highest BCUT2D eigenvalue weighted by Crippen LogP contribution is 2.21. The van der Waals surface area contributed by atoms with Crippen LogP contribution in [-0.4, -0.2) is 38.5 Å². The van der Waals surface area contributed by atoms with Crippen LogP contribution >= 0.6 is 0 Å². The summed E-state index contributed by atoms with van der Waals surface area (Å²) in [5.41, 5.74) is 1.76. The number of sulfonamides is 1. The molecule has 2 aromatic rings. The Morgan fingerprint density at radius 2 is 1.58 bits per heavy atom. The van der Waals surface area contributed by atoms with Gasteiger partial charge in [0.15, 0.2) is 0 Å². The Kier molecular flexibility index (Phi) is 6.11. The van der Waals surface area contributed by atoms with Gasteiger partial charge in [-0.05, 0) is 17.5 Å². The average Bonchev–Trinajstić information content (AvgIpc) is 2.56. The fourth-order valence-corrected chi connectivity index (χ4v) is 3.03. The van der Waals surface area contributed by atoms with E-state index in [9.17, 15) is 13.2 Å². The quantitative estimate of drug-likeness (QED) is 0.834. The number of rotatable bonds is 7. The van der Waals surface area contributed by atoms with Crippen LogP contribution in [-0.2, 0) is 21.2 Å². The Morgan fingerprint density at radius 3 is 2.12 bits per heavy atom. The lowest BCUT2D eigenvalue weighted by Gasteiger charge is -2.25. The highest BCUT2D eigenvalue weighted by molar-refractivity contribution is 7.88. The molecule has 1 atom stereocenters. The Labute approximate surface area is 143 Å². The van der Waals surface area contributed by atoms with E-state index >= 15 is 0 Å². The molecule has 0 aliphatic heterocycles. The zero-order valence-electron chi connectivity index (χ0n) is 13.8. The first-order chi connectivity index (χ1) is 11.4. The second-order valence-corrected chi connectivity index (χ2v) is 7.66. The fraction of sp³-hybridized carbons (Fsp3) is 0.278. The van der Waals surface area contributed by atoms with Crippen molar-refractivity contribution in [2.75, 3.05) is 19.8 Å². The van der Waals surface area contributed by atoms with E-state index in [4.69, 9.17) is 0 Å². The topological polar surface area (TPSA) is 66.5 Å². The maximum absolute atomic E-state index is 12.6. The summed E-state index contributed by atoms with van der Waals surface area (Å²) in [6.07, 6.45) is 1.79. The SMILES string of the molecule is CN(C(C(=O)NCCc1ccccc1)c1ccccc1)S(C)(=O)=O. The molecule has 0 bridgehead atoms. The summed E-state index contributed by atoms with van der Waals surface area (Å²) in [7, 11) is -2.08. The molecule has 128 valence electrons. The van der Waals surface area contributed by atoms with Gasteiger partial charge in [-0.25, -0.2) is 8.42 Å². The van der Waals surface area contributed by atoms with Crippen molar-refractivity contribution in [3.8, 4) is 0 Å². The van der Waals surface area contributed by atoms with Crippen LogP contribution in [0.25, 0.3) is 0 Å². The van der Waals surface area contributed by atoms with E-state index in [0.29, 0.717) is 18.5 Å². The maximum atomic E-state index is 12.6. The van der Waals surface area contributed by atoms with Crippen LogP contribution in [0.3, 0.4) is 0 Å². The standard InChI is InChI=1S/C18H22N2O3S/c1-20(24(2,22)23)17(16-11-7-4-8-12-16)18(21)19-14-13-15-9-5-3-6-10-15/h3-12,17H,13-14H2,1-2H3,(H,19,21). The number of hydrogen-bond acceptors (Lipinski definition) is 3.